The number of aliphatic hydroxyl groups is 1. The highest BCUT2D eigenvalue weighted by atomic mass is 32.1. The Hall–Kier alpha value is -2.22. The van der Waals surface area contributed by atoms with E-state index < -0.39 is 5.97 Å². The largest absolute Gasteiger partial charge is 0.462 e. The van der Waals surface area contributed by atoms with Crippen molar-refractivity contribution in [2.45, 2.75) is 33.1 Å². The lowest BCUT2D eigenvalue weighted by molar-refractivity contribution is -0.116. The summed E-state index contributed by atoms with van der Waals surface area (Å²) in [5.74, 6) is -0.138. The van der Waals surface area contributed by atoms with E-state index in [0.29, 0.717) is 29.4 Å². The number of esters is 1. The van der Waals surface area contributed by atoms with Crippen LogP contribution in [-0.2, 0) is 9.53 Å². The van der Waals surface area contributed by atoms with Crippen LogP contribution in [0.5, 0.6) is 0 Å². The SMILES string of the molecule is CCOC(=O)c1c(NC(=O)CCN2CCC(CO)CC2)sc(C)c1-c1ccccc1. The maximum Gasteiger partial charge on any atom is 0.341 e. The number of piperidine rings is 1. The zero-order valence-electron chi connectivity index (χ0n) is 17.6. The van der Waals surface area contributed by atoms with E-state index >= 15 is 0 Å². The molecular weight excluding hydrogens is 400 g/mol. The molecule has 162 valence electrons. The summed E-state index contributed by atoms with van der Waals surface area (Å²) in [6.45, 7) is 6.74. The smallest absolute Gasteiger partial charge is 0.341 e. The van der Waals surface area contributed by atoms with E-state index in [4.69, 9.17) is 4.74 Å². The Morgan fingerprint density at radius 3 is 2.57 bits per heavy atom. The molecule has 0 saturated carbocycles. The number of nitrogens with zero attached hydrogens (tertiary/aromatic N) is 1. The van der Waals surface area contributed by atoms with Crippen LogP contribution in [0.15, 0.2) is 30.3 Å². The Kier molecular flexibility index (Phi) is 8.01. The molecule has 6 nitrogen and oxygen atoms in total. The summed E-state index contributed by atoms with van der Waals surface area (Å²) >= 11 is 1.41. The minimum absolute atomic E-state index is 0.106. The zero-order chi connectivity index (χ0) is 21.5. The molecule has 1 saturated heterocycles. The number of ether oxygens (including phenoxy) is 1. The van der Waals surface area contributed by atoms with Crippen LogP contribution in [0, 0.1) is 12.8 Å². The number of hydrogen-bond acceptors (Lipinski definition) is 6. The minimum atomic E-state index is -0.415. The van der Waals surface area contributed by atoms with Gasteiger partial charge in [0.1, 0.15) is 10.6 Å². The lowest BCUT2D eigenvalue weighted by atomic mass is 9.98. The Bertz CT molecular complexity index is 858. The number of carbonyl (C=O) groups is 2. The molecule has 0 atom stereocenters. The molecule has 0 radical (unpaired) electrons. The molecule has 0 aliphatic carbocycles. The Labute approximate surface area is 181 Å². The first kappa shape index (κ1) is 22.5. The minimum Gasteiger partial charge on any atom is -0.462 e. The second-order valence-electron chi connectivity index (χ2n) is 7.59. The standard InChI is InChI=1S/C23H30N2O4S/c1-3-29-23(28)21-20(18-7-5-4-6-8-18)16(2)30-22(21)24-19(27)11-14-25-12-9-17(15-26)10-13-25/h4-8,17,26H,3,9-15H2,1-2H3,(H,24,27). The van der Waals surface area contributed by atoms with Crippen LogP contribution in [0.4, 0.5) is 5.00 Å². The molecule has 7 heteroatoms. The quantitative estimate of drug-likeness (QED) is 0.621. The number of carbonyl (C=O) groups excluding carboxylic acids is 2. The Morgan fingerprint density at radius 1 is 1.23 bits per heavy atom. The summed E-state index contributed by atoms with van der Waals surface area (Å²) in [4.78, 5) is 28.6. The fraction of sp³-hybridized carbons (Fsp3) is 0.478. The van der Waals surface area contributed by atoms with Crippen LogP contribution in [0.2, 0.25) is 0 Å². The van der Waals surface area contributed by atoms with E-state index in [1.807, 2.05) is 37.3 Å². The molecule has 0 unspecified atom stereocenters. The maximum atomic E-state index is 12.7. The number of anilines is 1. The van der Waals surface area contributed by atoms with Crippen molar-refractivity contribution in [2.24, 2.45) is 5.92 Å². The number of nitrogens with one attached hydrogen (secondary N) is 1. The molecule has 1 aliphatic heterocycles. The second-order valence-corrected chi connectivity index (χ2v) is 8.81. The third kappa shape index (κ3) is 5.47. The first-order valence-electron chi connectivity index (χ1n) is 10.5. The highest BCUT2D eigenvalue weighted by Gasteiger charge is 2.26. The van der Waals surface area contributed by atoms with Gasteiger partial charge in [-0.2, -0.15) is 0 Å². The van der Waals surface area contributed by atoms with Gasteiger partial charge in [0.2, 0.25) is 5.91 Å². The van der Waals surface area contributed by atoms with Crippen LogP contribution in [-0.4, -0.2) is 54.7 Å². The van der Waals surface area contributed by atoms with Gasteiger partial charge < -0.3 is 20.1 Å². The van der Waals surface area contributed by atoms with E-state index in [1.54, 1.807) is 6.92 Å². The highest BCUT2D eigenvalue weighted by molar-refractivity contribution is 7.17. The van der Waals surface area contributed by atoms with Crippen molar-refractivity contribution in [1.82, 2.24) is 4.90 Å². The molecule has 2 aromatic rings. The molecule has 1 aromatic heterocycles. The van der Waals surface area contributed by atoms with Crippen LogP contribution in [0.1, 0.15) is 41.4 Å². The highest BCUT2D eigenvalue weighted by Crippen LogP contribution is 2.40. The molecule has 2 heterocycles. The monoisotopic (exact) mass is 430 g/mol. The van der Waals surface area contributed by atoms with Crippen molar-refractivity contribution < 1.29 is 19.4 Å². The molecule has 30 heavy (non-hydrogen) atoms. The van der Waals surface area contributed by atoms with Gasteiger partial charge in [-0.25, -0.2) is 4.79 Å². The lowest BCUT2D eigenvalue weighted by Gasteiger charge is -2.30. The molecule has 1 amide bonds. The first-order chi connectivity index (χ1) is 14.5. The number of aryl methyl sites for hydroxylation is 1. The summed E-state index contributed by atoms with van der Waals surface area (Å²) in [6, 6.07) is 9.71. The summed E-state index contributed by atoms with van der Waals surface area (Å²) in [5, 5.41) is 12.8. The lowest BCUT2D eigenvalue weighted by Crippen LogP contribution is -2.36. The fourth-order valence-electron chi connectivity index (χ4n) is 3.82. The van der Waals surface area contributed by atoms with Gasteiger partial charge in [0.15, 0.2) is 0 Å². The van der Waals surface area contributed by atoms with Crippen LogP contribution in [0.25, 0.3) is 11.1 Å². The van der Waals surface area contributed by atoms with Crippen molar-refractivity contribution in [1.29, 1.82) is 0 Å². The zero-order valence-corrected chi connectivity index (χ0v) is 18.5. The van der Waals surface area contributed by atoms with Crippen LogP contribution < -0.4 is 5.32 Å². The predicted molar refractivity (Wildman–Crippen MR) is 120 cm³/mol. The van der Waals surface area contributed by atoms with Gasteiger partial charge in [0.05, 0.1) is 6.61 Å². The Balaban J connectivity index is 1.72. The molecule has 3 rings (SSSR count). The van der Waals surface area contributed by atoms with Gasteiger partial charge in [0.25, 0.3) is 0 Å². The van der Waals surface area contributed by atoms with Crippen molar-refractivity contribution >= 4 is 28.2 Å². The van der Waals surface area contributed by atoms with E-state index in [9.17, 15) is 14.7 Å². The normalized spacial score (nSPS) is 15.2. The molecule has 1 fully saturated rings. The van der Waals surface area contributed by atoms with Crippen LogP contribution in [0.3, 0.4) is 0 Å². The average Bonchev–Trinajstić information content (AvgIpc) is 3.09. The number of rotatable bonds is 8. The molecule has 1 aliphatic rings. The Morgan fingerprint density at radius 2 is 1.93 bits per heavy atom. The second kappa shape index (κ2) is 10.7. The van der Waals surface area contributed by atoms with Crippen molar-refractivity contribution in [2.75, 3.05) is 38.2 Å². The number of hydrogen-bond donors (Lipinski definition) is 2. The molecule has 0 spiro atoms. The topological polar surface area (TPSA) is 78.9 Å². The number of benzene rings is 1. The van der Waals surface area contributed by atoms with E-state index in [2.05, 4.69) is 10.2 Å². The maximum absolute atomic E-state index is 12.7. The van der Waals surface area contributed by atoms with Gasteiger partial charge in [-0.1, -0.05) is 30.3 Å². The number of aliphatic hydroxyl groups excluding tert-OH is 1. The van der Waals surface area contributed by atoms with Crippen molar-refractivity contribution in [3.63, 3.8) is 0 Å². The number of thiophene rings is 1. The van der Waals surface area contributed by atoms with Crippen molar-refractivity contribution in [3.05, 3.63) is 40.8 Å². The van der Waals surface area contributed by atoms with Gasteiger partial charge in [-0.3, -0.25) is 4.79 Å². The van der Waals surface area contributed by atoms with Gasteiger partial charge >= 0.3 is 5.97 Å². The van der Waals surface area contributed by atoms with Crippen molar-refractivity contribution in [3.8, 4) is 11.1 Å². The van der Waals surface area contributed by atoms with Gasteiger partial charge in [-0.05, 0) is 51.3 Å². The van der Waals surface area contributed by atoms with Gasteiger partial charge in [-0.15, -0.1) is 11.3 Å². The summed E-state index contributed by atoms with van der Waals surface area (Å²) < 4.78 is 5.29. The fourth-order valence-corrected chi connectivity index (χ4v) is 4.91. The number of likely N-dealkylation sites (tertiary alicyclic amines) is 1. The first-order valence-corrected chi connectivity index (χ1v) is 11.3. The average molecular weight is 431 g/mol. The molecular formula is C23H30N2O4S. The van der Waals surface area contributed by atoms with E-state index in [-0.39, 0.29) is 19.1 Å². The molecule has 0 bridgehead atoms. The molecule has 2 N–H and O–H groups in total. The third-order valence-corrected chi connectivity index (χ3v) is 6.52. The predicted octanol–water partition coefficient (Wildman–Crippen LogP) is 3.93. The van der Waals surface area contributed by atoms with Gasteiger partial charge in [0, 0.05) is 30.0 Å². The summed E-state index contributed by atoms with van der Waals surface area (Å²) in [7, 11) is 0. The van der Waals surface area contributed by atoms with Crippen LogP contribution >= 0.6 is 11.3 Å². The number of amides is 1. The molecule has 1 aromatic carbocycles. The summed E-state index contributed by atoms with van der Waals surface area (Å²) in [6.07, 6.45) is 2.30. The van der Waals surface area contributed by atoms with E-state index in [0.717, 1.165) is 41.9 Å². The summed E-state index contributed by atoms with van der Waals surface area (Å²) in [5.41, 5.74) is 2.18. The van der Waals surface area contributed by atoms with E-state index in [1.165, 1.54) is 11.3 Å². The third-order valence-electron chi connectivity index (χ3n) is 5.50.